The summed E-state index contributed by atoms with van der Waals surface area (Å²) in [6.45, 7) is 12.9. The van der Waals surface area contributed by atoms with Crippen LogP contribution in [0.2, 0.25) is 0 Å². The zero-order valence-corrected chi connectivity index (χ0v) is 34.1. The molecule has 0 radical (unpaired) electrons. The van der Waals surface area contributed by atoms with Crippen LogP contribution in [0.4, 0.5) is 5.82 Å². The van der Waals surface area contributed by atoms with Crippen LogP contribution in [0.25, 0.3) is 11.2 Å². The standard InChI is InChI=1S/C41H57N5O12/c1-36(2)18-9-10-23-38(5)13-20(48)31(41(8,56)25(49)12-24(37(3,4)55)46-34-27-33(43-16-42-27)44-17-45-34)39(38,6)14-26(50)40(23,7)19(18)11-21(32(36)54)57-35-30(53)29(52)28(51)22(15-47)58-35/h9,11,16-17,19-20,22-24,28-31,35,47-48,51-53,55-56H,10,12-15H2,1-8H3,(H2,42,43,44,45,46)/t19-,20-,22-,23+,24-,28+,29+,30-,31+,35-,38+,39-,40+,41+/m1/s1. The maximum Gasteiger partial charge on any atom is 0.229 e. The van der Waals surface area contributed by atoms with Gasteiger partial charge >= 0.3 is 0 Å². The number of allylic oxidation sites excluding steroid dienone is 4. The molecule has 0 bridgehead atoms. The molecule has 0 spiro atoms. The van der Waals surface area contributed by atoms with Gasteiger partial charge in [0.05, 0.1) is 36.1 Å². The number of nitrogens with one attached hydrogen (secondary N) is 2. The first-order valence-corrected chi connectivity index (χ1v) is 19.9. The van der Waals surface area contributed by atoms with Gasteiger partial charge in [-0.05, 0) is 70.3 Å². The highest BCUT2D eigenvalue weighted by Gasteiger charge is 2.74. The summed E-state index contributed by atoms with van der Waals surface area (Å²) in [4.78, 5) is 58.9. The molecule has 3 fully saturated rings. The summed E-state index contributed by atoms with van der Waals surface area (Å²) in [6.07, 6.45) is -2.89. The average molecular weight is 812 g/mol. The van der Waals surface area contributed by atoms with Gasteiger partial charge in [0.2, 0.25) is 12.1 Å². The maximum atomic E-state index is 15.0. The molecule has 17 nitrogen and oxygen atoms in total. The molecule has 1 aliphatic heterocycles. The number of hydrogen-bond acceptors (Lipinski definition) is 16. The first-order chi connectivity index (χ1) is 26.8. The molecule has 5 aliphatic rings. The van der Waals surface area contributed by atoms with Crippen LogP contribution in [0.1, 0.15) is 81.1 Å². The van der Waals surface area contributed by atoms with Gasteiger partial charge in [-0.15, -0.1) is 0 Å². The number of fused-ring (bicyclic) bond motifs is 6. The van der Waals surface area contributed by atoms with Crippen molar-refractivity contribution in [3.8, 4) is 0 Å². The minimum absolute atomic E-state index is 0.109. The second kappa shape index (κ2) is 13.9. The number of rotatable bonds is 10. The number of aliphatic hydroxyl groups excluding tert-OH is 5. The highest BCUT2D eigenvalue weighted by atomic mass is 16.7. The Morgan fingerprint density at radius 3 is 2.36 bits per heavy atom. The van der Waals surface area contributed by atoms with Crippen LogP contribution in [-0.2, 0) is 23.9 Å². The van der Waals surface area contributed by atoms with Crippen LogP contribution in [0.15, 0.2) is 36.1 Å². The molecule has 4 aliphatic carbocycles. The SMILES string of the molecule is CC1(C)C(=O)C(O[C@@H]2O[C@H](CO)[C@H](O)[C@H](O)[C@H]2O)=C[C@@H]2C1=CC[C@@H]1[C@@]2(C)C(=O)C[C@]2(C)[C@@H]([C@@](C)(O)C(=O)C[C@@H](Nc3ncnc4nc[nH]c34)C(C)(C)O)[C@H](O)C[C@@]12C. The van der Waals surface area contributed by atoms with Gasteiger partial charge in [0.1, 0.15) is 47.6 Å². The van der Waals surface area contributed by atoms with E-state index < -0.39 is 112 Å². The van der Waals surface area contributed by atoms with Gasteiger partial charge in [-0.1, -0.05) is 32.4 Å². The van der Waals surface area contributed by atoms with Crippen molar-refractivity contribution in [3.63, 3.8) is 0 Å². The third kappa shape index (κ3) is 6.10. The number of H-pyrrole nitrogens is 1. The van der Waals surface area contributed by atoms with Crippen molar-refractivity contribution in [2.45, 2.75) is 135 Å². The van der Waals surface area contributed by atoms with Gasteiger partial charge in [0.15, 0.2) is 23.0 Å². The molecule has 0 amide bonds. The minimum atomic E-state index is -2.15. The van der Waals surface area contributed by atoms with E-state index in [9.17, 15) is 50.1 Å². The quantitative estimate of drug-likeness (QED) is 0.151. The van der Waals surface area contributed by atoms with Crippen molar-refractivity contribution < 1.29 is 59.6 Å². The summed E-state index contributed by atoms with van der Waals surface area (Å²) in [6, 6.07) is -0.952. The Balaban J connectivity index is 1.20. The molecular formula is C41H57N5O12. The molecule has 2 aromatic rings. The summed E-state index contributed by atoms with van der Waals surface area (Å²) in [5.74, 6) is -3.40. The Hall–Kier alpha value is -3.68. The predicted octanol–water partition coefficient (Wildman–Crippen LogP) is 0.859. The van der Waals surface area contributed by atoms with E-state index in [0.29, 0.717) is 29.0 Å². The average Bonchev–Trinajstić information content (AvgIpc) is 3.70. The molecule has 2 aromatic heterocycles. The summed E-state index contributed by atoms with van der Waals surface area (Å²) >= 11 is 0. The van der Waals surface area contributed by atoms with Crippen molar-refractivity contribution in [1.82, 2.24) is 19.9 Å². The van der Waals surface area contributed by atoms with E-state index in [1.807, 2.05) is 26.8 Å². The molecule has 17 heteroatoms. The van der Waals surface area contributed by atoms with Gasteiger partial charge < -0.3 is 55.5 Å². The Morgan fingerprint density at radius 2 is 1.71 bits per heavy atom. The number of ether oxygens (including phenoxy) is 2. The Bertz CT molecular complexity index is 2060. The van der Waals surface area contributed by atoms with Crippen LogP contribution in [0.5, 0.6) is 0 Å². The summed E-state index contributed by atoms with van der Waals surface area (Å²) < 4.78 is 11.5. The van der Waals surface area contributed by atoms with E-state index in [2.05, 4.69) is 25.3 Å². The molecule has 1 saturated heterocycles. The first-order valence-electron chi connectivity index (χ1n) is 19.9. The number of aliphatic hydroxyl groups is 7. The minimum Gasteiger partial charge on any atom is -0.459 e. The smallest absolute Gasteiger partial charge is 0.229 e. The monoisotopic (exact) mass is 811 g/mol. The van der Waals surface area contributed by atoms with Gasteiger partial charge in [0, 0.05) is 30.1 Å². The lowest BCUT2D eigenvalue weighted by atomic mass is 9.39. The fourth-order valence-electron chi connectivity index (χ4n) is 11.4. The van der Waals surface area contributed by atoms with Crippen molar-refractivity contribution in [2.75, 3.05) is 11.9 Å². The zero-order valence-electron chi connectivity index (χ0n) is 34.1. The molecule has 3 heterocycles. The summed E-state index contributed by atoms with van der Waals surface area (Å²) in [7, 11) is 0. The molecule has 14 atom stereocenters. The highest BCUT2D eigenvalue weighted by Crippen LogP contribution is 2.74. The molecule has 7 rings (SSSR count). The van der Waals surface area contributed by atoms with E-state index >= 15 is 0 Å². The fourth-order valence-corrected chi connectivity index (χ4v) is 11.4. The maximum absolute atomic E-state index is 15.0. The number of hydrogen-bond donors (Lipinski definition) is 9. The normalized spacial score (nSPS) is 40.1. The highest BCUT2D eigenvalue weighted by molar-refractivity contribution is 6.02. The summed E-state index contributed by atoms with van der Waals surface area (Å²) in [5, 5.41) is 79.9. The molecular weight excluding hydrogens is 754 g/mol. The van der Waals surface area contributed by atoms with Crippen molar-refractivity contribution >= 4 is 34.3 Å². The number of aromatic nitrogens is 4. The number of nitrogens with zero attached hydrogens (tertiary/aromatic N) is 3. The number of aromatic amines is 1. The molecule has 9 N–H and O–H groups in total. The lowest BCUT2D eigenvalue weighted by molar-refractivity contribution is -0.291. The van der Waals surface area contributed by atoms with Crippen molar-refractivity contribution in [3.05, 3.63) is 36.1 Å². The number of imidazole rings is 1. The lowest BCUT2D eigenvalue weighted by Crippen LogP contribution is -2.64. The van der Waals surface area contributed by atoms with Crippen LogP contribution in [0, 0.1) is 39.4 Å². The van der Waals surface area contributed by atoms with Crippen LogP contribution in [-0.4, -0.2) is 134 Å². The van der Waals surface area contributed by atoms with Gasteiger partial charge in [0.25, 0.3) is 0 Å². The van der Waals surface area contributed by atoms with Crippen LogP contribution >= 0.6 is 0 Å². The molecule has 2 saturated carbocycles. The fraction of sp³-hybridized carbons (Fsp3) is 0.707. The van der Waals surface area contributed by atoms with Crippen LogP contribution in [0.3, 0.4) is 0 Å². The number of anilines is 1. The van der Waals surface area contributed by atoms with E-state index in [1.165, 1.54) is 33.4 Å². The number of carbonyl (C=O) groups excluding carboxylic acids is 3. The van der Waals surface area contributed by atoms with E-state index in [-0.39, 0.29) is 30.8 Å². The number of Topliss-reactive ketones (excluding diaryl/α,β-unsaturated/α-hetero) is 3. The van der Waals surface area contributed by atoms with Gasteiger partial charge in [-0.25, -0.2) is 15.0 Å². The zero-order chi connectivity index (χ0) is 42.7. The second-order valence-corrected chi connectivity index (χ2v) is 19.1. The van der Waals surface area contributed by atoms with Crippen molar-refractivity contribution in [2.24, 2.45) is 39.4 Å². The van der Waals surface area contributed by atoms with Crippen molar-refractivity contribution in [1.29, 1.82) is 0 Å². The summed E-state index contributed by atoms with van der Waals surface area (Å²) in [5.41, 5.74) is -6.34. The first kappa shape index (κ1) is 42.4. The number of carbonyl (C=O) groups is 3. The molecule has 0 aromatic carbocycles. The van der Waals surface area contributed by atoms with E-state index in [1.54, 1.807) is 19.9 Å². The van der Waals surface area contributed by atoms with Gasteiger partial charge in [-0.2, -0.15) is 0 Å². The molecule has 318 valence electrons. The lowest BCUT2D eigenvalue weighted by Gasteiger charge is -2.63. The number of ketones is 3. The Labute approximate surface area is 336 Å². The van der Waals surface area contributed by atoms with E-state index in [4.69, 9.17) is 9.47 Å². The third-order valence-corrected chi connectivity index (χ3v) is 15.1. The topological polar surface area (TPSA) is 278 Å². The molecule has 0 unspecified atom stereocenters. The largest absolute Gasteiger partial charge is 0.459 e. The predicted molar refractivity (Wildman–Crippen MR) is 205 cm³/mol. The van der Waals surface area contributed by atoms with E-state index in [0.717, 1.165) is 0 Å². The third-order valence-electron chi connectivity index (χ3n) is 15.1. The molecule has 58 heavy (non-hydrogen) atoms. The van der Waals surface area contributed by atoms with Gasteiger partial charge in [-0.3, -0.25) is 14.4 Å². The van der Waals surface area contributed by atoms with Crippen LogP contribution < -0.4 is 5.32 Å². The Morgan fingerprint density at radius 1 is 1.02 bits per heavy atom. The Kier molecular flexibility index (Phi) is 10.2. The second-order valence-electron chi connectivity index (χ2n) is 19.1.